The van der Waals surface area contributed by atoms with Crippen molar-refractivity contribution in [3.63, 3.8) is 0 Å². The van der Waals surface area contributed by atoms with Gasteiger partial charge in [0, 0.05) is 38.3 Å². The van der Waals surface area contributed by atoms with E-state index in [-0.39, 0.29) is 11.3 Å². The summed E-state index contributed by atoms with van der Waals surface area (Å²) in [6.07, 6.45) is 0.642. The van der Waals surface area contributed by atoms with Crippen LogP contribution in [0.1, 0.15) is 38.4 Å². The first-order valence-corrected chi connectivity index (χ1v) is 11.9. The van der Waals surface area contributed by atoms with Gasteiger partial charge in [0.2, 0.25) is 5.78 Å². The van der Waals surface area contributed by atoms with Crippen LogP contribution in [0, 0.1) is 24.0 Å². The Morgan fingerprint density at radius 2 is 1.91 bits per heavy atom. The minimum absolute atomic E-state index is 0.0167. The number of ketones is 1. The molecule has 3 heterocycles. The minimum atomic E-state index is -0.840. The third kappa shape index (κ3) is 4.72. The van der Waals surface area contributed by atoms with Gasteiger partial charge in [-0.3, -0.25) is 24.6 Å². The highest BCUT2D eigenvalue weighted by atomic mass is 32.1. The van der Waals surface area contributed by atoms with Crippen LogP contribution in [0.2, 0.25) is 0 Å². The molecule has 2 aromatic rings. The first kappa shape index (κ1) is 24.0. The average Bonchev–Trinajstić information content (AvgIpc) is 3.29. The number of aliphatic hydroxyl groups is 1. The van der Waals surface area contributed by atoms with Gasteiger partial charge in [0.15, 0.2) is 5.76 Å². The number of carbonyl (C=O) groups excluding carboxylic acids is 2. The smallest absolute Gasteiger partial charge is 0.290 e. The molecule has 0 unspecified atom stereocenters. The molecule has 0 radical (unpaired) electrons. The van der Waals surface area contributed by atoms with Crippen molar-refractivity contribution >= 4 is 28.7 Å². The molecular weight excluding hydrogens is 460 g/mol. The van der Waals surface area contributed by atoms with Gasteiger partial charge < -0.3 is 14.7 Å². The molecule has 34 heavy (non-hydrogen) atoms. The standard InChI is InChI=1S/C23H26N4O6S/c1-14-22(34-15(2)24-14)20(28)18-19(16-4-6-17(7-5-16)27(31)32)26(23(30)21(18)29)9-3-8-25-10-12-33-13-11-25/h4-7,19,29H,3,8-13H2,1-2H3/t19-/m0/s1. The van der Waals surface area contributed by atoms with Crippen LogP contribution in [-0.2, 0) is 9.53 Å². The van der Waals surface area contributed by atoms with E-state index in [0.717, 1.165) is 19.6 Å². The third-order valence-corrected chi connectivity index (χ3v) is 7.13. The molecule has 0 saturated carbocycles. The SMILES string of the molecule is Cc1nc(C)c(C(=O)C2=C(O)C(=O)N(CCCN3CCOCC3)[C@H]2c2ccc([N+](=O)[O-])cc2)s1. The first-order chi connectivity index (χ1) is 16.3. The van der Waals surface area contributed by atoms with Gasteiger partial charge >= 0.3 is 0 Å². The Balaban J connectivity index is 1.65. The molecule has 1 N–H and O–H groups in total. The second-order valence-electron chi connectivity index (χ2n) is 8.30. The Labute approximate surface area is 200 Å². The van der Waals surface area contributed by atoms with E-state index < -0.39 is 28.4 Å². The zero-order valence-corrected chi connectivity index (χ0v) is 19.8. The van der Waals surface area contributed by atoms with Gasteiger partial charge in [0.1, 0.15) is 0 Å². The van der Waals surface area contributed by atoms with Crippen LogP contribution < -0.4 is 0 Å². The van der Waals surface area contributed by atoms with Crippen LogP contribution in [0.5, 0.6) is 0 Å². The Hall–Kier alpha value is -3.15. The number of non-ortho nitro benzene ring substituents is 1. The number of hydrogen-bond donors (Lipinski definition) is 1. The molecule has 1 aromatic carbocycles. The zero-order valence-electron chi connectivity index (χ0n) is 19.0. The Bertz CT molecular complexity index is 1140. The quantitative estimate of drug-likeness (QED) is 0.343. The number of amides is 1. The van der Waals surface area contributed by atoms with E-state index in [1.165, 1.54) is 40.5 Å². The molecule has 1 fully saturated rings. The number of ether oxygens (including phenoxy) is 1. The Morgan fingerprint density at radius 1 is 1.24 bits per heavy atom. The summed E-state index contributed by atoms with van der Waals surface area (Å²) in [4.78, 5) is 45.6. The number of rotatable bonds is 8. The number of nitrogens with zero attached hydrogens (tertiary/aromatic N) is 4. The molecule has 1 saturated heterocycles. The maximum atomic E-state index is 13.5. The van der Waals surface area contributed by atoms with E-state index in [1.807, 2.05) is 0 Å². The molecule has 0 spiro atoms. The lowest BCUT2D eigenvalue weighted by molar-refractivity contribution is -0.384. The van der Waals surface area contributed by atoms with Crippen molar-refractivity contribution in [1.29, 1.82) is 0 Å². The Morgan fingerprint density at radius 3 is 2.50 bits per heavy atom. The number of nitro benzene ring substituents is 1. The second-order valence-corrected chi connectivity index (χ2v) is 9.50. The van der Waals surface area contributed by atoms with Crippen molar-refractivity contribution < 1.29 is 24.4 Å². The molecule has 1 amide bonds. The summed E-state index contributed by atoms with van der Waals surface area (Å²) in [5, 5.41) is 22.6. The topological polar surface area (TPSA) is 126 Å². The molecule has 4 rings (SSSR count). The molecule has 2 aliphatic rings. The van der Waals surface area contributed by atoms with Gasteiger partial charge in [0.05, 0.1) is 45.3 Å². The average molecular weight is 487 g/mol. The summed E-state index contributed by atoms with van der Waals surface area (Å²) < 4.78 is 5.37. The van der Waals surface area contributed by atoms with Crippen molar-refractivity contribution in [3.05, 3.63) is 66.9 Å². The molecule has 1 atom stereocenters. The van der Waals surface area contributed by atoms with Crippen molar-refractivity contribution in [2.75, 3.05) is 39.4 Å². The van der Waals surface area contributed by atoms with E-state index in [0.29, 0.717) is 47.3 Å². The molecular formula is C23H26N4O6S. The number of benzene rings is 1. The van der Waals surface area contributed by atoms with Gasteiger partial charge in [-0.1, -0.05) is 0 Å². The highest BCUT2D eigenvalue weighted by Crippen LogP contribution is 2.40. The fraction of sp³-hybridized carbons (Fsp3) is 0.435. The van der Waals surface area contributed by atoms with Gasteiger partial charge in [-0.2, -0.15) is 0 Å². The lowest BCUT2D eigenvalue weighted by Crippen LogP contribution is -2.39. The summed E-state index contributed by atoms with van der Waals surface area (Å²) in [6, 6.07) is 4.90. The molecule has 1 aromatic heterocycles. The van der Waals surface area contributed by atoms with Gasteiger partial charge in [-0.15, -0.1) is 11.3 Å². The fourth-order valence-corrected chi connectivity index (χ4v) is 5.27. The number of aliphatic hydroxyl groups excluding tert-OH is 1. The highest BCUT2D eigenvalue weighted by Gasteiger charge is 2.44. The maximum Gasteiger partial charge on any atom is 0.290 e. The summed E-state index contributed by atoms with van der Waals surface area (Å²) in [7, 11) is 0. The predicted molar refractivity (Wildman–Crippen MR) is 125 cm³/mol. The highest BCUT2D eigenvalue weighted by molar-refractivity contribution is 7.14. The molecule has 2 aliphatic heterocycles. The molecule has 11 heteroatoms. The van der Waals surface area contributed by atoms with Crippen molar-refractivity contribution in [3.8, 4) is 0 Å². The second kappa shape index (κ2) is 10.00. The monoisotopic (exact) mass is 486 g/mol. The van der Waals surface area contributed by atoms with E-state index in [9.17, 15) is 24.8 Å². The van der Waals surface area contributed by atoms with Crippen molar-refractivity contribution in [1.82, 2.24) is 14.8 Å². The lowest BCUT2D eigenvalue weighted by atomic mass is 9.95. The molecule has 0 aliphatic carbocycles. The van der Waals surface area contributed by atoms with E-state index in [1.54, 1.807) is 13.8 Å². The van der Waals surface area contributed by atoms with E-state index in [4.69, 9.17) is 4.74 Å². The number of aromatic nitrogens is 1. The van der Waals surface area contributed by atoms with Gasteiger partial charge in [-0.25, -0.2) is 4.98 Å². The van der Waals surface area contributed by atoms with Gasteiger partial charge in [0.25, 0.3) is 11.6 Å². The zero-order chi connectivity index (χ0) is 24.4. The summed E-state index contributed by atoms with van der Waals surface area (Å²) in [5.74, 6) is -1.65. The van der Waals surface area contributed by atoms with Crippen molar-refractivity contribution in [2.24, 2.45) is 0 Å². The number of thiazole rings is 1. The van der Waals surface area contributed by atoms with E-state index >= 15 is 0 Å². The van der Waals surface area contributed by atoms with Crippen LogP contribution in [0.3, 0.4) is 0 Å². The number of nitro groups is 1. The number of Topliss-reactive ketones (excluding diaryl/α,β-unsaturated/α-hetero) is 1. The Kier molecular flexibility index (Phi) is 7.05. The van der Waals surface area contributed by atoms with Crippen LogP contribution >= 0.6 is 11.3 Å². The van der Waals surface area contributed by atoms with Crippen molar-refractivity contribution in [2.45, 2.75) is 26.3 Å². The summed E-state index contributed by atoms with van der Waals surface area (Å²) in [6.45, 7) is 7.54. The third-order valence-electron chi connectivity index (χ3n) is 6.05. The lowest BCUT2D eigenvalue weighted by Gasteiger charge is -2.30. The van der Waals surface area contributed by atoms with Crippen LogP contribution in [-0.4, -0.2) is 75.9 Å². The summed E-state index contributed by atoms with van der Waals surface area (Å²) in [5.41, 5.74) is 0.948. The number of carbonyl (C=O) groups is 2. The van der Waals surface area contributed by atoms with Gasteiger partial charge in [-0.05, 0) is 38.0 Å². The predicted octanol–water partition coefficient (Wildman–Crippen LogP) is 2.97. The summed E-state index contributed by atoms with van der Waals surface area (Å²) >= 11 is 1.21. The molecule has 180 valence electrons. The number of morpholine rings is 1. The van der Waals surface area contributed by atoms with E-state index in [2.05, 4.69) is 9.88 Å². The normalized spacial score (nSPS) is 19.2. The van der Waals surface area contributed by atoms with Crippen LogP contribution in [0.15, 0.2) is 35.6 Å². The van der Waals surface area contributed by atoms with Crippen LogP contribution in [0.25, 0.3) is 0 Å². The largest absolute Gasteiger partial charge is 0.503 e. The molecule has 0 bridgehead atoms. The first-order valence-electron chi connectivity index (χ1n) is 11.0. The fourth-order valence-electron chi connectivity index (χ4n) is 4.39. The maximum absolute atomic E-state index is 13.5. The number of aryl methyl sites for hydroxylation is 2. The minimum Gasteiger partial charge on any atom is -0.503 e. The van der Waals surface area contributed by atoms with Crippen LogP contribution in [0.4, 0.5) is 5.69 Å². The number of hydrogen-bond acceptors (Lipinski definition) is 9. The molecule has 10 nitrogen and oxygen atoms in total.